The number of ketones is 1. The molecule has 0 aromatic rings. The molecule has 16 heavy (non-hydrogen) atoms. The molecule has 0 radical (unpaired) electrons. The lowest BCUT2D eigenvalue weighted by Crippen LogP contribution is -2.12. The maximum absolute atomic E-state index is 10.2. The van der Waals surface area contributed by atoms with Gasteiger partial charge in [-0.2, -0.15) is 0 Å². The van der Waals surface area contributed by atoms with Crippen LogP contribution in [0.25, 0.3) is 0 Å². The van der Waals surface area contributed by atoms with Crippen LogP contribution in [0.2, 0.25) is 0 Å². The van der Waals surface area contributed by atoms with Crippen molar-refractivity contribution in [2.75, 3.05) is 13.2 Å². The zero-order valence-corrected chi connectivity index (χ0v) is 10.4. The fraction of sp³-hybridized carbons (Fsp3) is 0.727. The normalized spacial score (nSPS) is 8.50. The Morgan fingerprint density at radius 1 is 1.00 bits per heavy atom. The van der Waals surface area contributed by atoms with Crippen molar-refractivity contribution in [2.24, 2.45) is 0 Å². The molecule has 0 aliphatic carbocycles. The highest BCUT2D eigenvalue weighted by molar-refractivity contribution is 6.32. The van der Waals surface area contributed by atoms with Gasteiger partial charge >= 0.3 is 11.9 Å². The molecule has 94 valence electrons. The van der Waals surface area contributed by atoms with Crippen LogP contribution >= 0.6 is 0 Å². The molecule has 0 fully saturated rings. The van der Waals surface area contributed by atoms with Crippen LogP contribution in [0.3, 0.4) is 0 Å². The lowest BCUT2D eigenvalue weighted by atomic mass is 10.4. The van der Waals surface area contributed by atoms with Gasteiger partial charge in [0.05, 0.1) is 13.2 Å². The van der Waals surface area contributed by atoms with Crippen molar-refractivity contribution in [2.45, 2.75) is 40.5 Å². The van der Waals surface area contributed by atoms with Crippen molar-refractivity contribution in [1.82, 2.24) is 0 Å². The van der Waals surface area contributed by atoms with Crippen LogP contribution in [0.15, 0.2) is 0 Å². The minimum atomic E-state index is -0.757. The average Bonchev–Trinajstić information content (AvgIpc) is 2.19. The van der Waals surface area contributed by atoms with Gasteiger partial charge in [0.25, 0.3) is 0 Å². The van der Waals surface area contributed by atoms with Crippen LogP contribution in [-0.2, 0) is 23.9 Å². The Hall–Kier alpha value is -1.39. The third-order valence-electron chi connectivity index (χ3n) is 1.37. The van der Waals surface area contributed by atoms with Gasteiger partial charge in [-0.15, -0.1) is 0 Å². The number of carbonyl (C=O) groups excluding carboxylic acids is 3. The van der Waals surface area contributed by atoms with Crippen LogP contribution in [0.5, 0.6) is 0 Å². The van der Waals surface area contributed by atoms with Gasteiger partial charge in [-0.05, 0) is 13.3 Å². The lowest BCUT2D eigenvalue weighted by Gasteiger charge is -1.96. The van der Waals surface area contributed by atoms with Crippen LogP contribution in [0, 0.1) is 0 Å². The van der Waals surface area contributed by atoms with Gasteiger partial charge in [0.2, 0.25) is 5.78 Å². The minimum absolute atomic E-state index is 0.182. The number of unbranched alkanes of at least 4 members (excludes halogenated alkanes) is 1. The summed E-state index contributed by atoms with van der Waals surface area (Å²) in [5.74, 6) is -1.49. The molecule has 0 unspecified atom stereocenters. The first kappa shape index (κ1) is 17.0. The minimum Gasteiger partial charge on any atom is -0.466 e. The third kappa shape index (κ3) is 15.1. The quantitative estimate of drug-likeness (QED) is 0.408. The fourth-order valence-electron chi connectivity index (χ4n) is 0.593. The molecule has 0 heterocycles. The first-order chi connectivity index (χ1) is 7.45. The molecule has 0 aliphatic heterocycles. The van der Waals surface area contributed by atoms with Crippen molar-refractivity contribution in [3.63, 3.8) is 0 Å². The number of rotatable bonds is 5. The Morgan fingerprint density at radius 2 is 1.56 bits per heavy atom. The smallest absolute Gasteiger partial charge is 0.374 e. The summed E-state index contributed by atoms with van der Waals surface area (Å²) in [7, 11) is 0. The molecule has 0 aliphatic rings. The molecule has 0 saturated heterocycles. The first-order valence-electron chi connectivity index (χ1n) is 5.26. The molecule has 0 N–H and O–H groups in total. The summed E-state index contributed by atoms with van der Waals surface area (Å²) in [6.07, 6.45) is 2.05. The third-order valence-corrected chi connectivity index (χ3v) is 1.37. The molecule has 0 atom stereocenters. The van der Waals surface area contributed by atoms with Gasteiger partial charge in [0.1, 0.15) is 0 Å². The Bertz CT molecular complexity index is 222. The van der Waals surface area contributed by atoms with E-state index < -0.39 is 11.8 Å². The first-order valence-corrected chi connectivity index (χ1v) is 5.26. The van der Waals surface area contributed by atoms with Gasteiger partial charge in [-0.3, -0.25) is 9.59 Å². The Balaban J connectivity index is 0. The predicted molar refractivity (Wildman–Crippen MR) is 58.9 cm³/mol. The van der Waals surface area contributed by atoms with Crippen molar-refractivity contribution in [1.29, 1.82) is 0 Å². The summed E-state index contributed by atoms with van der Waals surface area (Å²) in [5.41, 5.74) is 0. The van der Waals surface area contributed by atoms with Crippen LogP contribution in [0.1, 0.15) is 40.5 Å². The fourth-order valence-corrected chi connectivity index (χ4v) is 0.593. The number of Topliss-reactive ketones (excluding diaryl/α,β-unsaturated/α-hetero) is 1. The van der Waals surface area contributed by atoms with Gasteiger partial charge in [0, 0.05) is 13.8 Å². The molecular formula is C11H20O5. The number of hydrogen-bond donors (Lipinski definition) is 0. The van der Waals surface area contributed by atoms with Crippen LogP contribution in [0.4, 0.5) is 0 Å². The number of carbonyl (C=O) groups is 3. The van der Waals surface area contributed by atoms with E-state index in [-0.39, 0.29) is 12.6 Å². The maximum Gasteiger partial charge on any atom is 0.374 e. The second-order valence-corrected chi connectivity index (χ2v) is 2.97. The molecule has 0 spiro atoms. The number of hydrogen-bond acceptors (Lipinski definition) is 5. The molecule has 0 aromatic heterocycles. The zero-order valence-electron chi connectivity index (χ0n) is 10.4. The van der Waals surface area contributed by atoms with E-state index in [2.05, 4.69) is 16.4 Å². The summed E-state index contributed by atoms with van der Waals surface area (Å²) in [4.78, 5) is 30.3. The average molecular weight is 232 g/mol. The second-order valence-electron chi connectivity index (χ2n) is 2.97. The maximum atomic E-state index is 10.2. The lowest BCUT2D eigenvalue weighted by molar-refractivity contribution is -0.152. The highest BCUT2D eigenvalue weighted by Gasteiger charge is 2.05. The van der Waals surface area contributed by atoms with Crippen LogP contribution < -0.4 is 0 Å². The van der Waals surface area contributed by atoms with Crippen molar-refractivity contribution in [3.05, 3.63) is 0 Å². The molecule has 0 amide bonds. The van der Waals surface area contributed by atoms with Crippen LogP contribution in [-0.4, -0.2) is 30.9 Å². The van der Waals surface area contributed by atoms with E-state index >= 15 is 0 Å². The Labute approximate surface area is 96.1 Å². The monoisotopic (exact) mass is 232 g/mol. The second kappa shape index (κ2) is 11.7. The van der Waals surface area contributed by atoms with Crippen molar-refractivity contribution in [3.8, 4) is 0 Å². The van der Waals surface area contributed by atoms with Gasteiger partial charge in [-0.25, -0.2) is 4.79 Å². The van der Waals surface area contributed by atoms with E-state index in [4.69, 9.17) is 0 Å². The Morgan fingerprint density at radius 3 is 1.81 bits per heavy atom. The molecule has 0 rings (SSSR count). The summed E-state index contributed by atoms with van der Waals surface area (Å²) < 4.78 is 8.96. The molecular weight excluding hydrogens is 212 g/mol. The predicted octanol–water partition coefficient (Wildman–Crippen LogP) is 1.49. The highest BCUT2D eigenvalue weighted by atomic mass is 16.5. The molecule has 0 aromatic carbocycles. The summed E-state index contributed by atoms with van der Waals surface area (Å²) >= 11 is 0. The molecule has 5 heteroatoms. The van der Waals surface area contributed by atoms with E-state index in [1.807, 2.05) is 0 Å². The van der Waals surface area contributed by atoms with E-state index in [1.165, 1.54) is 13.8 Å². The van der Waals surface area contributed by atoms with Gasteiger partial charge < -0.3 is 9.47 Å². The van der Waals surface area contributed by atoms with E-state index in [0.29, 0.717) is 6.61 Å². The van der Waals surface area contributed by atoms with Gasteiger partial charge in [-0.1, -0.05) is 13.3 Å². The van der Waals surface area contributed by atoms with Gasteiger partial charge in [0.15, 0.2) is 0 Å². The molecule has 0 saturated carbocycles. The summed E-state index contributed by atoms with van der Waals surface area (Å²) in [5, 5.41) is 0. The summed E-state index contributed by atoms with van der Waals surface area (Å²) in [6.45, 7) is 7.15. The zero-order chi connectivity index (χ0) is 13.0. The topological polar surface area (TPSA) is 69.7 Å². The molecule has 0 bridgehead atoms. The standard InChI is InChI=1S/C6H12O2.C5H8O3/c1-3-4-5-8-6(2)7;1-3-8-5(7)4(2)6/h3-5H2,1-2H3;3H2,1-2H3. The largest absolute Gasteiger partial charge is 0.466 e. The van der Waals surface area contributed by atoms with Crippen molar-refractivity contribution < 1.29 is 23.9 Å². The molecule has 5 nitrogen and oxygen atoms in total. The highest BCUT2D eigenvalue weighted by Crippen LogP contribution is 1.86. The Kier molecular flexibility index (Phi) is 12.4. The van der Waals surface area contributed by atoms with E-state index in [0.717, 1.165) is 12.8 Å². The van der Waals surface area contributed by atoms with E-state index in [1.54, 1.807) is 6.92 Å². The number of esters is 2. The number of ether oxygens (including phenoxy) is 2. The summed E-state index contributed by atoms with van der Waals surface area (Å²) in [6, 6.07) is 0. The SMILES string of the molecule is CCCCOC(C)=O.CCOC(=O)C(C)=O. The van der Waals surface area contributed by atoms with Crippen molar-refractivity contribution >= 4 is 17.7 Å². The van der Waals surface area contributed by atoms with E-state index in [9.17, 15) is 14.4 Å².